The van der Waals surface area contributed by atoms with Crippen LogP contribution in [0.15, 0.2) is 23.1 Å². The first-order valence-corrected chi connectivity index (χ1v) is 10.6. The van der Waals surface area contributed by atoms with Crippen molar-refractivity contribution < 1.29 is 27.4 Å². The third kappa shape index (κ3) is 4.91. The van der Waals surface area contributed by atoms with Gasteiger partial charge in [-0.1, -0.05) is 13.8 Å². The number of nitrogens with zero attached hydrogens (tertiary/aromatic N) is 1. The highest BCUT2D eigenvalue weighted by atomic mass is 32.2. The molecule has 0 bridgehead atoms. The molecule has 8 nitrogen and oxygen atoms in total. The highest BCUT2D eigenvalue weighted by molar-refractivity contribution is 7.89. The maximum Gasteiger partial charge on any atom is 0.241 e. The Labute approximate surface area is 159 Å². The fraction of sp³-hybridized carbons (Fsp3) is 0.611. The van der Waals surface area contributed by atoms with E-state index in [1.54, 1.807) is 11.0 Å². The van der Waals surface area contributed by atoms with Crippen LogP contribution in [0.1, 0.15) is 20.3 Å². The number of carbonyl (C=O) groups excluding carboxylic acids is 1. The van der Waals surface area contributed by atoms with Gasteiger partial charge in [0.1, 0.15) is 19.3 Å². The van der Waals surface area contributed by atoms with Crippen molar-refractivity contribution in [2.24, 2.45) is 5.92 Å². The quantitative estimate of drug-likeness (QED) is 0.769. The van der Waals surface area contributed by atoms with Crippen LogP contribution in [0.2, 0.25) is 0 Å². The lowest BCUT2D eigenvalue weighted by Gasteiger charge is -2.31. The first-order valence-electron chi connectivity index (χ1n) is 9.15. The molecule has 1 fully saturated rings. The van der Waals surface area contributed by atoms with Crippen LogP contribution in [-0.4, -0.2) is 64.8 Å². The second-order valence-corrected chi connectivity index (χ2v) is 8.76. The van der Waals surface area contributed by atoms with Crippen LogP contribution < -0.4 is 14.2 Å². The standard InChI is InChI=1S/C18H26N2O6S/c1-13(2)11-15(18(21)20-5-7-24-8-6-20)19-27(22,23)14-3-4-16-17(12-14)26-10-9-25-16/h3-4,12-13,15,19H,5-11H2,1-2H3/t15-/m0/s1. The summed E-state index contributed by atoms with van der Waals surface area (Å²) in [5, 5.41) is 0. The number of sulfonamides is 1. The largest absolute Gasteiger partial charge is 0.486 e. The molecule has 0 aromatic heterocycles. The first-order chi connectivity index (χ1) is 12.9. The fourth-order valence-corrected chi connectivity index (χ4v) is 4.34. The average molecular weight is 398 g/mol. The predicted octanol–water partition coefficient (Wildman–Crippen LogP) is 1.01. The molecule has 150 valence electrons. The molecule has 2 heterocycles. The summed E-state index contributed by atoms with van der Waals surface area (Å²) in [4.78, 5) is 14.6. The molecule has 27 heavy (non-hydrogen) atoms. The number of morpholine rings is 1. The molecule has 1 atom stereocenters. The first kappa shape index (κ1) is 19.9. The molecular formula is C18H26N2O6S. The zero-order valence-electron chi connectivity index (χ0n) is 15.6. The SMILES string of the molecule is CC(C)C[C@H](NS(=O)(=O)c1ccc2c(c1)OCCO2)C(=O)N1CCOCC1. The molecule has 1 aromatic rings. The van der Waals surface area contributed by atoms with Gasteiger partial charge in [0.2, 0.25) is 15.9 Å². The highest BCUT2D eigenvalue weighted by Crippen LogP contribution is 2.32. The van der Waals surface area contributed by atoms with E-state index in [-0.39, 0.29) is 16.7 Å². The summed E-state index contributed by atoms with van der Waals surface area (Å²) in [6.45, 7) is 6.59. The number of ether oxygens (including phenoxy) is 3. The van der Waals surface area contributed by atoms with Crippen molar-refractivity contribution in [1.29, 1.82) is 0 Å². The topological polar surface area (TPSA) is 94.2 Å². The molecule has 0 aliphatic carbocycles. The van der Waals surface area contributed by atoms with E-state index in [4.69, 9.17) is 14.2 Å². The second kappa shape index (κ2) is 8.45. The molecule has 1 amide bonds. The van der Waals surface area contributed by atoms with Gasteiger partial charge in [-0.15, -0.1) is 0 Å². The molecule has 2 aliphatic rings. The van der Waals surface area contributed by atoms with Gasteiger partial charge < -0.3 is 19.1 Å². The van der Waals surface area contributed by atoms with Crippen molar-refractivity contribution in [3.05, 3.63) is 18.2 Å². The number of fused-ring (bicyclic) bond motifs is 1. The zero-order chi connectivity index (χ0) is 19.4. The van der Waals surface area contributed by atoms with E-state index in [9.17, 15) is 13.2 Å². The van der Waals surface area contributed by atoms with Gasteiger partial charge in [0.15, 0.2) is 11.5 Å². The van der Waals surface area contributed by atoms with E-state index in [2.05, 4.69) is 4.72 Å². The molecular weight excluding hydrogens is 372 g/mol. The minimum absolute atomic E-state index is 0.0512. The molecule has 9 heteroatoms. The van der Waals surface area contributed by atoms with Crippen LogP contribution in [0, 0.1) is 5.92 Å². The summed E-state index contributed by atoms with van der Waals surface area (Å²) in [5.74, 6) is 0.850. The van der Waals surface area contributed by atoms with Crippen molar-refractivity contribution in [3.63, 3.8) is 0 Å². The number of hydrogen-bond acceptors (Lipinski definition) is 6. The van der Waals surface area contributed by atoms with Gasteiger partial charge in [-0.3, -0.25) is 4.79 Å². The number of carbonyl (C=O) groups is 1. The Morgan fingerprint density at radius 3 is 2.44 bits per heavy atom. The predicted molar refractivity (Wildman–Crippen MR) is 98.4 cm³/mol. The molecule has 2 aliphatic heterocycles. The van der Waals surface area contributed by atoms with Crippen LogP contribution >= 0.6 is 0 Å². The number of hydrogen-bond donors (Lipinski definition) is 1. The Bertz CT molecular complexity index is 774. The third-order valence-electron chi connectivity index (χ3n) is 4.45. The fourth-order valence-electron chi connectivity index (χ4n) is 3.12. The Hall–Kier alpha value is -1.84. The second-order valence-electron chi connectivity index (χ2n) is 7.05. The molecule has 1 N–H and O–H groups in total. The zero-order valence-corrected chi connectivity index (χ0v) is 16.5. The van der Waals surface area contributed by atoms with Crippen LogP contribution in [0.4, 0.5) is 0 Å². The van der Waals surface area contributed by atoms with Gasteiger partial charge in [-0.2, -0.15) is 4.72 Å². The maximum atomic E-state index is 12.9. The van der Waals surface area contributed by atoms with Gasteiger partial charge >= 0.3 is 0 Å². The Morgan fingerprint density at radius 1 is 1.11 bits per heavy atom. The number of amides is 1. The summed E-state index contributed by atoms with van der Waals surface area (Å²) in [7, 11) is -3.89. The van der Waals surface area contributed by atoms with Crippen LogP contribution in [0.25, 0.3) is 0 Å². The minimum Gasteiger partial charge on any atom is -0.486 e. The Balaban J connectivity index is 1.80. The van der Waals surface area contributed by atoms with Crippen LogP contribution in [0.5, 0.6) is 11.5 Å². The lowest BCUT2D eigenvalue weighted by Crippen LogP contribution is -2.52. The summed E-state index contributed by atoms with van der Waals surface area (Å²) >= 11 is 0. The maximum absolute atomic E-state index is 12.9. The monoisotopic (exact) mass is 398 g/mol. The minimum atomic E-state index is -3.89. The number of rotatable bonds is 6. The summed E-state index contributed by atoms with van der Waals surface area (Å²) in [5.41, 5.74) is 0. The molecule has 0 unspecified atom stereocenters. The Kier molecular flexibility index (Phi) is 6.23. The van der Waals surface area contributed by atoms with E-state index in [0.29, 0.717) is 57.4 Å². The lowest BCUT2D eigenvalue weighted by molar-refractivity contribution is -0.137. The summed E-state index contributed by atoms with van der Waals surface area (Å²) in [6, 6.07) is 3.65. The van der Waals surface area contributed by atoms with Crippen molar-refractivity contribution >= 4 is 15.9 Å². The van der Waals surface area contributed by atoms with Gasteiger partial charge in [-0.05, 0) is 24.5 Å². The smallest absolute Gasteiger partial charge is 0.241 e. The van der Waals surface area contributed by atoms with Crippen molar-refractivity contribution in [1.82, 2.24) is 9.62 Å². The van der Waals surface area contributed by atoms with Crippen molar-refractivity contribution in [2.45, 2.75) is 31.2 Å². The van der Waals surface area contributed by atoms with Gasteiger partial charge in [-0.25, -0.2) is 8.42 Å². The summed E-state index contributed by atoms with van der Waals surface area (Å²) < 4.78 is 44.5. The molecule has 0 saturated carbocycles. The van der Waals surface area contributed by atoms with E-state index in [1.165, 1.54) is 12.1 Å². The molecule has 3 rings (SSSR count). The van der Waals surface area contributed by atoms with E-state index in [1.807, 2.05) is 13.8 Å². The van der Waals surface area contributed by atoms with Crippen LogP contribution in [0.3, 0.4) is 0 Å². The van der Waals surface area contributed by atoms with Gasteiger partial charge in [0.05, 0.1) is 18.1 Å². The highest BCUT2D eigenvalue weighted by Gasteiger charge is 2.31. The van der Waals surface area contributed by atoms with Crippen molar-refractivity contribution in [2.75, 3.05) is 39.5 Å². The van der Waals surface area contributed by atoms with E-state index >= 15 is 0 Å². The van der Waals surface area contributed by atoms with Gasteiger partial charge in [0, 0.05) is 19.2 Å². The normalized spacial score (nSPS) is 18.4. The number of benzene rings is 1. The van der Waals surface area contributed by atoms with E-state index < -0.39 is 16.1 Å². The Morgan fingerprint density at radius 2 is 1.78 bits per heavy atom. The molecule has 1 aromatic carbocycles. The third-order valence-corrected chi connectivity index (χ3v) is 5.92. The molecule has 1 saturated heterocycles. The van der Waals surface area contributed by atoms with Gasteiger partial charge in [0.25, 0.3) is 0 Å². The molecule has 0 radical (unpaired) electrons. The lowest BCUT2D eigenvalue weighted by atomic mass is 10.0. The van der Waals surface area contributed by atoms with E-state index in [0.717, 1.165) is 0 Å². The average Bonchev–Trinajstić information content (AvgIpc) is 2.66. The van der Waals surface area contributed by atoms with Crippen molar-refractivity contribution in [3.8, 4) is 11.5 Å². The summed E-state index contributed by atoms with van der Waals surface area (Å²) in [6.07, 6.45) is 0.417. The van der Waals surface area contributed by atoms with Crippen LogP contribution in [-0.2, 0) is 19.6 Å². The number of nitrogens with one attached hydrogen (secondary N) is 1. The molecule has 0 spiro atoms.